The average Bonchev–Trinajstić information content (AvgIpc) is 3.64. The first kappa shape index (κ1) is 33.6. The molecule has 0 aliphatic rings. The third-order valence-corrected chi connectivity index (χ3v) is 11.6. The average molecular weight is 739 g/mol. The second-order valence-corrected chi connectivity index (χ2v) is 14.9. The van der Waals surface area contributed by atoms with Gasteiger partial charge in [0.25, 0.3) is 0 Å². The number of aromatic nitrogens is 1. The topological polar surface area (TPSA) is 8.17 Å². The molecule has 0 bridgehead atoms. The molecular formula is C56H38N2. The second kappa shape index (κ2) is 14.1. The summed E-state index contributed by atoms with van der Waals surface area (Å²) in [4.78, 5) is 2.43. The minimum absolute atomic E-state index is 1.10. The summed E-state index contributed by atoms with van der Waals surface area (Å²) in [6, 6.07) is 83.7. The quantitative estimate of drug-likeness (QED) is 0.158. The van der Waals surface area contributed by atoms with E-state index in [1.165, 1.54) is 82.4 Å². The highest BCUT2D eigenvalue weighted by Gasteiger charge is 2.20. The molecule has 272 valence electrons. The van der Waals surface area contributed by atoms with E-state index in [1.807, 2.05) is 0 Å². The molecule has 11 aromatic rings. The lowest BCUT2D eigenvalue weighted by molar-refractivity contribution is 1.18. The van der Waals surface area contributed by atoms with E-state index in [-0.39, 0.29) is 0 Å². The molecule has 0 aliphatic heterocycles. The molecule has 0 radical (unpaired) electrons. The Morgan fingerprint density at radius 3 is 1.62 bits per heavy atom. The van der Waals surface area contributed by atoms with E-state index in [4.69, 9.17) is 0 Å². The van der Waals surface area contributed by atoms with E-state index in [2.05, 4.69) is 240 Å². The molecule has 0 fully saturated rings. The van der Waals surface area contributed by atoms with Gasteiger partial charge in [-0.1, -0.05) is 176 Å². The zero-order valence-corrected chi connectivity index (χ0v) is 31.8. The van der Waals surface area contributed by atoms with E-state index in [0.29, 0.717) is 0 Å². The van der Waals surface area contributed by atoms with Crippen molar-refractivity contribution in [3.05, 3.63) is 231 Å². The number of hydrogen-bond donors (Lipinski definition) is 0. The van der Waals surface area contributed by atoms with Gasteiger partial charge >= 0.3 is 0 Å². The summed E-state index contributed by atoms with van der Waals surface area (Å²) in [5, 5.41) is 7.42. The van der Waals surface area contributed by atoms with Crippen LogP contribution in [0.3, 0.4) is 0 Å². The molecule has 0 aliphatic carbocycles. The van der Waals surface area contributed by atoms with Crippen molar-refractivity contribution >= 4 is 60.4 Å². The smallest absolute Gasteiger partial charge is 0.0541 e. The number of anilines is 3. The first-order valence-corrected chi connectivity index (χ1v) is 19.9. The summed E-state index contributed by atoms with van der Waals surface area (Å²) in [6.07, 6.45) is 0. The van der Waals surface area contributed by atoms with Crippen LogP contribution in [-0.2, 0) is 0 Å². The van der Waals surface area contributed by atoms with Crippen molar-refractivity contribution in [3.8, 4) is 39.1 Å². The predicted molar refractivity (Wildman–Crippen MR) is 247 cm³/mol. The maximum Gasteiger partial charge on any atom is 0.0541 e. The highest BCUT2D eigenvalue weighted by molar-refractivity contribution is 6.10. The Kier molecular flexibility index (Phi) is 8.19. The van der Waals surface area contributed by atoms with Gasteiger partial charge in [0.2, 0.25) is 0 Å². The van der Waals surface area contributed by atoms with Crippen molar-refractivity contribution in [3.63, 3.8) is 0 Å². The monoisotopic (exact) mass is 738 g/mol. The number of para-hydroxylation sites is 4. The molecule has 0 amide bonds. The van der Waals surface area contributed by atoms with E-state index >= 15 is 0 Å². The Bertz CT molecular complexity index is 3240. The first-order chi connectivity index (χ1) is 28.8. The van der Waals surface area contributed by atoms with E-state index in [0.717, 1.165) is 17.1 Å². The standard InChI is InChI=1S/C56H38N2/c1-2-17-42-38-45(32-31-39(42)15-1)49-23-5-9-26-52(49)57(53-30-14-18-41-16-3-4-21-47(41)53)46-35-33-40(34-36-46)43-19-13-20-44(37-43)48-22-6-10-27-54(48)58-55-28-11-7-24-50(55)51-25-8-12-29-56(51)58/h1-38H. The van der Waals surface area contributed by atoms with E-state index in [1.54, 1.807) is 0 Å². The van der Waals surface area contributed by atoms with Gasteiger partial charge in [0.1, 0.15) is 0 Å². The van der Waals surface area contributed by atoms with Crippen molar-refractivity contribution in [2.24, 2.45) is 0 Å². The first-order valence-electron chi connectivity index (χ1n) is 19.9. The van der Waals surface area contributed by atoms with Crippen LogP contribution in [0, 0.1) is 0 Å². The summed E-state index contributed by atoms with van der Waals surface area (Å²) >= 11 is 0. The summed E-state index contributed by atoms with van der Waals surface area (Å²) in [5.41, 5.74) is 14.0. The maximum atomic E-state index is 2.43. The van der Waals surface area contributed by atoms with Crippen LogP contribution >= 0.6 is 0 Å². The van der Waals surface area contributed by atoms with Gasteiger partial charge in [-0.3, -0.25) is 0 Å². The summed E-state index contributed by atoms with van der Waals surface area (Å²) in [5.74, 6) is 0. The lowest BCUT2D eigenvalue weighted by Gasteiger charge is -2.29. The Labute approximate surface area is 338 Å². The number of hydrogen-bond acceptors (Lipinski definition) is 1. The summed E-state index contributed by atoms with van der Waals surface area (Å²) in [7, 11) is 0. The molecule has 0 N–H and O–H groups in total. The predicted octanol–water partition coefficient (Wildman–Crippen LogP) is 15.6. The lowest BCUT2D eigenvalue weighted by Crippen LogP contribution is -2.11. The molecule has 58 heavy (non-hydrogen) atoms. The van der Waals surface area contributed by atoms with Gasteiger partial charge < -0.3 is 9.47 Å². The molecule has 1 aromatic heterocycles. The van der Waals surface area contributed by atoms with Crippen molar-refractivity contribution < 1.29 is 0 Å². The summed E-state index contributed by atoms with van der Waals surface area (Å²) < 4.78 is 2.42. The van der Waals surface area contributed by atoms with Gasteiger partial charge in [0, 0.05) is 33.0 Å². The van der Waals surface area contributed by atoms with Gasteiger partial charge in [0.05, 0.1) is 28.1 Å². The van der Waals surface area contributed by atoms with E-state index in [9.17, 15) is 0 Å². The SMILES string of the molecule is c1cc(-c2ccc(N(c3ccccc3-c3ccc4ccccc4c3)c3cccc4ccccc34)cc2)cc(-c2ccccc2-n2c3ccccc3c3ccccc32)c1. The molecule has 0 spiro atoms. The zero-order valence-electron chi connectivity index (χ0n) is 31.8. The molecule has 2 nitrogen and oxygen atoms in total. The largest absolute Gasteiger partial charge is 0.309 e. The number of nitrogens with zero attached hydrogens (tertiary/aromatic N) is 2. The molecule has 0 unspecified atom stereocenters. The highest BCUT2D eigenvalue weighted by atomic mass is 15.1. The zero-order chi connectivity index (χ0) is 38.4. The fourth-order valence-electron chi connectivity index (χ4n) is 8.84. The highest BCUT2D eigenvalue weighted by Crippen LogP contribution is 2.44. The second-order valence-electron chi connectivity index (χ2n) is 14.9. The minimum Gasteiger partial charge on any atom is -0.309 e. The molecule has 11 rings (SSSR count). The lowest BCUT2D eigenvalue weighted by atomic mass is 9.96. The molecule has 0 atom stereocenters. The van der Waals surface area contributed by atoms with Gasteiger partial charge in [-0.05, 0) is 93.0 Å². The van der Waals surface area contributed by atoms with Crippen LogP contribution < -0.4 is 4.90 Å². The van der Waals surface area contributed by atoms with Gasteiger partial charge in [-0.2, -0.15) is 0 Å². The molecule has 0 saturated carbocycles. The third-order valence-electron chi connectivity index (χ3n) is 11.6. The van der Waals surface area contributed by atoms with Crippen LogP contribution in [0.2, 0.25) is 0 Å². The fraction of sp³-hybridized carbons (Fsp3) is 0. The van der Waals surface area contributed by atoms with Crippen LogP contribution in [-0.4, -0.2) is 4.57 Å². The van der Waals surface area contributed by atoms with Crippen molar-refractivity contribution in [1.82, 2.24) is 4.57 Å². The Morgan fingerprint density at radius 2 is 0.828 bits per heavy atom. The molecule has 2 heteroatoms. The molecule has 10 aromatic carbocycles. The van der Waals surface area contributed by atoms with Crippen LogP contribution in [0.5, 0.6) is 0 Å². The van der Waals surface area contributed by atoms with Crippen LogP contribution in [0.4, 0.5) is 17.1 Å². The van der Waals surface area contributed by atoms with Crippen molar-refractivity contribution in [2.75, 3.05) is 4.90 Å². The molecule has 1 heterocycles. The summed E-state index contributed by atoms with van der Waals surface area (Å²) in [6.45, 7) is 0. The van der Waals surface area contributed by atoms with Crippen LogP contribution in [0.15, 0.2) is 231 Å². The molecular weight excluding hydrogens is 701 g/mol. The maximum absolute atomic E-state index is 2.43. The minimum atomic E-state index is 1.10. The van der Waals surface area contributed by atoms with E-state index < -0.39 is 0 Å². The Morgan fingerprint density at radius 1 is 0.293 bits per heavy atom. The fourth-order valence-corrected chi connectivity index (χ4v) is 8.84. The Hall–Kier alpha value is -7.68. The van der Waals surface area contributed by atoms with Crippen LogP contribution in [0.25, 0.3) is 82.4 Å². The number of rotatable bonds is 7. The Balaban J connectivity index is 1.02. The number of benzene rings is 10. The normalized spacial score (nSPS) is 11.4. The van der Waals surface area contributed by atoms with Gasteiger partial charge in [-0.25, -0.2) is 0 Å². The molecule has 0 saturated heterocycles. The van der Waals surface area contributed by atoms with Gasteiger partial charge in [-0.15, -0.1) is 0 Å². The number of fused-ring (bicyclic) bond motifs is 5. The van der Waals surface area contributed by atoms with Gasteiger partial charge in [0.15, 0.2) is 0 Å². The van der Waals surface area contributed by atoms with Crippen LogP contribution in [0.1, 0.15) is 0 Å². The van der Waals surface area contributed by atoms with Crippen molar-refractivity contribution in [2.45, 2.75) is 0 Å². The van der Waals surface area contributed by atoms with Crippen molar-refractivity contribution in [1.29, 1.82) is 0 Å². The third kappa shape index (κ3) is 5.74.